The van der Waals surface area contributed by atoms with Crippen LogP contribution in [0.1, 0.15) is 12.0 Å². The zero-order chi connectivity index (χ0) is 18.5. The van der Waals surface area contributed by atoms with Crippen molar-refractivity contribution in [2.24, 2.45) is 5.73 Å². The lowest BCUT2D eigenvalue weighted by Crippen LogP contribution is -2.56. The summed E-state index contributed by atoms with van der Waals surface area (Å²) in [7, 11) is 1.95. The molecular weight excluding hydrogens is 328 g/mol. The molecule has 1 heterocycles. The van der Waals surface area contributed by atoms with Crippen molar-refractivity contribution in [2.45, 2.75) is 18.9 Å². The number of carbonyl (C=O) groups is 2. The summed E-state index contributed by atoms with van der Waals surface area (Å²) in [5.41, 5.74) is 6.34. The fourth-order valence-electron chi connectivity index (χ4n) is 3.50. The van der Waals surface area contributed by atoms with E-state index in [0.29, 0.717) is 19.5 Å². The van der Waals surface area contributed by atoms with Crippen LogP contribution in [0.15, 0.2) is 42.5 Å². The second-order valence-electron chi connectivity index (χ2n) is 6.83. The SMILES string of the molecule is CN1CCN(CCc2ccc3ccccc3c2)C(=O)[C@@H]1CCNC(N)=O. The number of hydrogen-bond acceptors (Lipinski definition) is 3. The molecule has 1 fully saturated rings. The average molecular weight is 354 g/mol. The predicted molar refractivity (Wildman–Crippen MR) is 103 cm³/mol. The Bertz CT molecular complexity index is 792. The molecule has 0 aromatic heterocycles. The first kappa shape index (κ1) is 18.2. The third kappa shape index (κ3) is 4.32. The van der Waals surface area contributed by atoms with Crippen molar-refractivity contribution in [2.75, 3.05) is 33.2 Å². The van der Waals surface area contributed by atoms with Crippen LogP contribution in [0, 0.1) is 0 Å². The molecule has 6 nitrogen and oxygen atoms in total. The van der Waals surface area contributed by atoms with Crippen molar-refractivity contribution in [1.82, 2.24) is 15.1 Å². The number of fused-ring (bicyclic) bond motifs is 1. The quantitative estimate of drug-likeness (QED) is 0.827. The molecule has 1 atom stereocenters. The number of benzene rings is 2. The van der Waals surface area contributed by atoms with Gasteiger partial charge >= 0.3 is 6.03 Å². The molecule has 0 aliphatic carbocycles. The minimum Gasteiger partial charge on any atom is -0.352 e. The first-order valence-corrected chi connectivity index (χ1v) is 9.04. The van der Waals surface area contributed by atoms with Crippen LogP contribution in [0.4, 0.5) is 4.79 Å². The Hall–Kier alpha value is -2.60. The molecule has 2 aromatic carbocycles. The summed E-state index contributed by atoms with van der Waals surface area (Å²) in [4.78, 5) is 27.6. The van der Waals surface area contributed by atoms with Gasteiger partial charge in [-0.25, -0.2) is 4.79 Å². The predicted octanol–water partition coefficient (Wildman–Crippen LogP) is 1.58. The van der Waals surface area contributed by atoms with Gasteiger partial charge in [0.15, 0.2) is 0 Å². The first-order chi connectivity index (χ1) is 12.5. The van der Waals surface area contributed by atoms with Gasteiger partial charge in [-0.1, -0.05) is 42.5 Å². The summed E-state index contributed by atoms with van der Waals surface area (Å²) in [6.07, 6.45) is 1.41. The zero-order valence-corrected chi connectivity index (χ0v) is 15.1. The van der Waals surface area contributed by atoms with Gasteiger partial charge in [-0.3, -0.25) is 9.69 Å². The monoisotopic (exact) mass is 354 g/mol. The molecule has 0 radical (unpaired) electrons. The number of nitrogens with two attached hydrogens (primary N) is 1. The van der Waals surface area contributed by atoms with Gasteiger partial charge in [-0.2, -0.15) is 0 Å². The summed E-state index contributed by atoms with van der Waals surface area (Å²) >= 11 is 0. The van der Waals surface area contributed by atoms with E-state index in [4.69, 9.17) is 5.73 Å². The molecule has 1 aliphatic heterocycles. The van der Waals surface area contributed by atoms with Crippen LogP contribution in [0.2, 0.25) is 0 Å². The maximum absolute atomic E-state index is 12.8. The highest BCUT2D eigenvalue weighted by atomic mass is 16.2. The van der Waals surface area contributed by atoms with Gasteiger partial charge in [0, 0.05) is 26.2 Å². The van der Waals surface area contributed by atoms with Crippen molar-refractivity contribution in [3.8, 4) is 0 Å². The van der Waals surface area contributed by atoms with Crippen molar-refractivity contribution < 1.29 is 9.59 Å². The molecule has 26 heavy (non-hydrogen) atoms. The van der Waals surface area contributed by atoms with Gasteiger partial charge in [0.1, 0.15) is 0 Å². The van der Waals surface area contributed by atoms with E-state index >= 15 is 0 Å². The molecule has 138 valence electrons. The van der Waals surface area contributed by atoms with Gasteiger partial charge in [0.2, 0.25) is 5.91 Å². The van der Waals surface area contributed by atoms with Crippen LogP contribution in [0.25, 0.3) is 10.8 Å². The van der Waals surface area contributed by atoms with Gasteiger partial charge in [0.05, 0.1) is 6.04 Å². The number of hydrogen-bond donors (Lipinski definition) is 2. The average Bonchev–Trinajstić information content (AvgIpc) is 2.63. The fourth-order valence-corrected chi connectivity index (χ4v) is 3.50. The number of nitrogens with one attached hydrogen (secondary N) is 1. The number of rotatable bonds is 6. The van der Waals surface area contributed by atoms with Crippen molar-refractivity contribution >= 4 is 22.7 Å². The number of amides is 3. The summed E-state index contributed by atoms with van der Waals surface area (Å²) in [5.74, 6) is 0.130. The molecular formula is C20H26N4O2. The highest BCUT2D eigenvalue weighted by Gasteiger charge is 2.31. The minimum atomic E-state index is -0.552. The highest BCUT2D eigenvalue weighted by molar-refractivity contribution is 5.84. The van der Waals surface area contributed by atoms with Crippen LogP contribution in [-0.2, 0) is 11.2 Å². The molecule has 3 rings (SSSR count). The Balaban J connectivity index is 1.59. The van der Waals surface area contributed by atoms with Gasteiger partial charge < -0.3 is 16.0 Å². The third-order valence-electron chi connectivity index (χ3n) is 5.05. The molecule has 0 unspecified atom stereocenters. The van der Waals surface area contributed by atoms with Gasteiger partial charge in [-0.05, 0) is 36.2 Å². The van der Waals surface area contributed by atoms with Crippen molar-refractivity contribution in [3.05, 3.63) is 48.0 Å². The lowest BCUT2D eigenvalue weighted by atomic mass is 10.0. The molecule has 0 saturated carbocycles. The molecule has 3 amide bonds. The van der Waals surface area contributed by atoms with E-state index in [9.17, 15) is 9.59 Å². The van der Waals surface area contributed by atoms with E-state index < -0.39 is 6.03 Å². The largest absolute Gasteiger partial charge is 0.352 e. The van der Waals surface area contributed by atoms with Crippen molar-refractivity contribution in [1.29, 1.82) is 0 Å². The number of urea groups is 1. The summed E-state index contributed by atoms with van der Waals surface area (Å²) in [5, 5.41) is 5.02. The van der Waals surface area contributed by atoms with Crippen LogP contribution in [0.3, 0.4) is 0 Å². The smallest absolute Gasteiger partial charge is 0.312 e. The summed E-state index contributed by atoms with van der Waals surface area (Å²) < 4.78 is 0. The Morgan fingerprint density at radius 3 is 2.73 bits per heavy atom. The molecule has 3 N–H and O–H groups in total. The topological polar surface area (TPSA) is 78.7 Å². The third-order valence-corrected chi connectivity index (χ3v) is 5.05. The van der Waals surface area contributed by atoms with Gasteiger partial charge in [-0.15, -0.1) is 0 Å². The molecule has 1 saturated heterocycles. The van der Waals surface area contributed by atoms with E-state index in [1.807, 2.05) is 24.1 Å². The standard InChI is InChI=1S/C20H26N4O2/c1-23-12-13-24(19(25)18(23)8-10-22-20(21)26)11-9-15-6-7-16-4-2-3-5-17(16)14-15/h2-7,14,18H,8-13H2,1H3,(H3,21,22,26)/t18-/m0/s1. The molecule has 6 heteroatoms. The Morgan fingerprint density at radius 2 is 1.96 bits per heavy atom. The van der Waals surface area contributed by atoms with Crippen LogP contribution >= 0.6 is 0 Å². The first-order valence-electron chi connectivity index (χ1n) is 9.04. The van der Waals surface area contributed by atoms with Crippen molar-refractivity contribution in [3.63, 3.8) is 0 Å². The van der Waals surface area contributed by atoms with Crippen LogP contribution < -0.4 is 11.1 Å². The lowest BCUT2D eigenvalue weighted by molar-refractivity contribution is -0.141. The van der Waals surface area contributed by atoms with E-state index in [1.54, 1.807) is 0 Å². The van der Waals surface area contributed by atoms with E-state index in [0.717, 1.165) is 19.5 Å². The second-order valence-corrected chi connectivity index (χ2v) is 6.83. The minimum absolute atomic E-state index is 0.130. The highest BCUT2D eigenvalue weighted by Crippen LogP contribution is 2.17. The van der Waals surface area contributed by atoms with E-state index in [-0.39, 0.29) is 11.9 Å². The zero-order valence-electron chi connectivity index (χ0n) is 15.1. The lowest BCUT2D eigenvalue weighted by Gasteiger charge is -2.38. The van der Waals surface area contributed by atoms with E-state index in [1.165, 1.54) is 16.3 Å². The molecule has 1 aliphatic rings. The second kappa shape index (κ2) is 8.19. The Morgan fingerprint density at radius 1 is 1.19 bits per heavy atom. The number of piperazine rings is 1. The molecule has 0 spiro atoms. The van der Waals surface area contributed by atoms with E-state index in [2.05, 4.69) is 40.5 Å². The van der Waals surface area contributed by atoms with Crippen LogP contribution in [0.5, 0.6) is 0 Å². The maximum Gasteiger partial charge on any atom is 0.312 e. The van der Waals surface area contributed by atoms with Gasteiger partial charge in [0.25, 0.3) is 0 Å². The number of carbonyl (C=O) groups excluding carboxylic acids is 2. The molecule has 0 bridgehead atoms. The summed E-state index contributed by atoms with van der Waals surface area (Å²) in [6.45, 7) is 2.70. The maximum atomic E-state index is 12.8. The molecule has 2 aromatic rings. The Kier molecular flexibility index (Phi) is 5.73. The Labute approximate surface area is 153 Å². The number of likely N-dealkylation sites (N-methyl/N-ethyl adjacent to an activating group) is 1. The summed E-state index contributed by atoms with van der Waals surface area (Å²) in [6, 6.07) is 14.0. The number of nitrogens with zero attached hydrogens (tertiary/aromatic N) is 2. The number of primary amides is 1. The van der Waals surface area contributed by atoms with Crippen LogP contribution in [-0.4, -0.2) is 61.0 Å². The fraction of sp³-hybridized carbons (Fsp3) is 0.400. The normalized spacial score (nSPS) is 18.3.